The average molecular weight is 411 g/mol. The largest absolute Gasteiger partial charge is 0.0905 e. The topological polar surface area (TPSA) is 0 Å². The molecule has 170 valence electrons. The van der Waals surface area contributed by atoms with Crippen molar-refractivity contribution >= 4 is 0 Å². The van der Waals surface area contributed by atoms with Gasteiger partial charge in [0.05, 0.1) is 0 Å². The fourth-order valence-corrected chi connectivity index (χ4v) is 4.69. The summed E-state index contributed by atoms with van der Waals surface area (Å²) in [5.74, 6) is 0. The van der Waals surface area contributed by atoms with Crippen LogP contribution in [-0.4, -0.2) is 0 Å². The molecule has 0 radical (unpaired) electrons. The summed E-state index contributed by atoms with van der Waals surface area (Å²) in [5.41, 5.74) is 1.49. The fraction of sp³-hybridized carbons (Fsp3) is 0.667. The molecule has 0 amide bonds. The molecule has 0 nitrogen and oxygen atoms in total. The van der Waals surface area contributed by atoms with Gasteiger partial charge in [-0.15, -0.1) is 0 Å². The molecule has 0 saturated carbocycles. The number of unbranched alkanes of at least 4 members (excludes halogenated alkanes) is 14. The Morgan fingerprint density at radius 3 is 1.37 bits per heavy atom. The van der Waals surface area contributed by atoms with Crippen molar-refractivity contribution in [3.05, 3.63) is 60.2 Å². The normalized spacial score (nSPS) is 12.4. The minimum atomic E-state index is 0.0707. The summed E-state index contributed by atoms with van der Waals surface area (Å²) in [6.45, 7) is 6.59. The highest BCUT2D eigenvalue weighted by molar-refractivity contribution is 5.36. The van der Waals surface area contributed by atoms with Gasteiger partial charge in [-0.05, 0) is 25.8 Å². The Morgan fingerprint density at radius 2 is 0.967 bits per heavy atom. The predicted octanol–water partition coefficient (Wildman–Crippen LogP) is 10.3. The second-order valence-electron chi connectivity index (χ2n) is 9.11. The molecule has 0 aliphatic heterocycles. The summed E-state index contributed by atoms with van der Waals surface area (Å²) in [6, 6.07) is 11.0. The summed E-state index contributed by atoms with van der Waals surface area (Å²) >= 11 is 0. The number of hydrogen-bond acceptors (Lipinski definition) is 0. The SMILES string of the molecule is C/C=C\C(/C=C\C)(CCCCCCCCCCCCCCCCC)c1ccccc1. The summed E-state index contributed by atoms with van der Waals surface area (Å²) in [7, 11) is 0. The molecule has 0 unspecified atom stereocenters. The van der Waals surface area contributed by atoms with Gasteiger partial charge in [-0.1, -0.05) is 158 Å². The summed E-state index contributed by atoms with van der Waals surface area (Å²) < 4.78 is 0. The Balaban J connectivity index is 2.13. The van der Waals surface area contributed by atoms with Gasteiger partial charge in [0.15, 0.2) is 0 Å². The molecule has 1 aromatic rings. The van der Waals surface area contributed by atoms with E-state index in [9.17, 15) is 0 Å². The van der Waals surface area contributed by atoms with Crippen molar-refractivity contribution in [2.45, 2.75) is 129 Å². The van der Waals surface area contributed by atoms with Crippen molar-refractivity contribution in [1.29, 1.82) is 0 Å². The first kappa shape index (κ1) is 26.7. The molecule has 0 N–H and O–H groups in total. The smallest absolute Gasteiger partial charge is 0.0311 e. The Bertz CT molecular complexity index is 524. The molecule has 0 aliphatic rings. The Kier molecular flexibility index (Phi) is 16.5. The predicted molar refractivity (Wildman–Crippen MR) is 137 cm³/mol. The molecule has 1 aromatic carbocycles. The van der Waals surface area contributed by atoms with Gasteiger partial charge in [-0.3, -0.25) is 0 Å². The van der Waals surface area contributed by atoms with Crippen LogP contribution in [0.5, 0.6) is 0 Å². The first-order valence-electron chi connectivity index (χ1n) is 13.1. The highest BCUT2D eigenvalue weighted by Crippen LogP contribution is 2.34. The number of hydrogen-bond donors (Lipinski definition) is 0. The molecule has 1 rings (SSSR count). The second-order valence-corrected chi connectivity index (χ2v) is 9.11. The van der Waals surface area contributed by atoms with Gasteiger partial charge in [0.1, 0.15) is 0 Å². The van der Waals surface area contributed by atoms with Gasteiger partial charge in [0.2, 0.25) is 0 Å². The van der Waals surface area contributed by atoms with E-state index >= 15 is 0 Å². The van der Waals surface area contributed by atoms with Crippen LogP contribution in [0.3, 0.4) is 0 Å². The van der Waals surface area contributed by atoms with Crippen molar-refractivity contribution in [1.82, 2.24) is 0 Å². The molecule has 0 aromatic heterocycles. The Hall–Kier alpha value is -1.30. The van der Waals surface area contributed by atoms with Crippen LogP contribution in [0.15, 0.2) is 54.6 Å². The van der Waals surface area contributed by atoms with Crippen LogP contribution in [0.4, 0.5) is 0 Å². The van der Waals surface area contributed by atoms with Crippen molar-refractivity contribution in [2.75, 3.05) is 0 Å². The molecule has 0 heterocycles. The average Bonchev–Trinajstić information content (AvgIpc) is 2.77. The second kappa shape index (κ2) is 18.5. The van der Waals surface area contributed by atoms with E-state index in [2.05, 4.69) is 75.4 Å². The van der Waals surface area contributed by atoms with Gasteiger partial charge < -0.3 is 0 Å². The Labute approximate surface area is 189 Å². The minimum absolute atomic E-state index is 0.0707. The first-order chi connectivity index (χ1) is 14.8. The quantitative estimate of drug-likeness (QED) is 0.157. The molecule has 0 saturated heterocycles. The van der Waals surface area contributed by atoms with Crippen LogP contribution >= 0.6 is 0 Å². The van der Waals surface area contributed by atoms with Crippen LogP contribution in [0.25, 0.3) is 0 Å². The number of benzene rings is 1. The molecular weight excluding hydrogens is 360 g/mol. The highest BCUT2D eigenvalue weighted by Gasteiger charge is 2.25. The maximum absolute atomic E-state index is 2.39. The molecule has 0 heteroatoms. The maximum atomic E-state index is 2.39. The van der Waals surface area contributed by atoms with Crippen molar-refractivity contribution in [3.8, 4) is 0 Å². The third kappa shape index (κ3) is 11.8. The van der Waals surface area contributed by atoms with E-state index in [1.54, 1.807) is 0 Å². The lowest BCUT2D eigenvalue weighted by Gasteiger charge is -2.28. The molecule has 30 heavy (non-hydrogen) atoms. The van der Waals surface area contributed by atoms with Crippen molar-refractivity contribution in [2.24, 2.45) is 0 Å². The molecule has 0 fully saturated rings. The first-order valence-corrected chi connectivity index (χ1v) is 13.1. The lowest BCUT2D eigenvalue weighted by Crippen LogP contribution is -2.20. The third-order valence-corrected chi connectivity index (χ3v) is 6.43. The van der Waals surface area contributed by atoms with Gasteiger partial charge in [-0.25, -0.2) is 0 Å². The fourth-order valence-electron chi connectivity index (χ4n) is 4.69. The summed E-state index contributed by atoms with van der Waals surface area (Å²) in [6.07, 6.45) is 31.8. The Morgan fingerprint density at radius 1 is 0.567 bits per heavy atom. The van der Waals surface area contributed by atoms with Crippen LogP contribution in [0.1, 0.15) is 129 Å². The van der Waals surface area contributed by atoms with Gasteiger partial charge in [0, 0.05) is 5.41 Å². The van der Waals surface area contributed by atoms with E-state index in [4.69, 9.17) is 0 Å². The zero-order chi connectivity index (χ0) is 21.8. The van der Waals surface area contributed by atoms with Gasteiger partial charge in [-0.2, -0.15) is 0 Å². The monoisotopic (exact) mass is 410 g/mol. The molecular formula is C30H50. The van der Waals surface area contributed by atoms with Gasteiger partial charge in [0.25, 0.3) is 0 Å². The van der Waals surface area contributed by atoms with E-state index in [0.29, 0.717) is 0 Å². The number of rotatable bonds is 19. The van der Waals surface area contributed by atoms with E-state index in [1.807, 2.05) is 0 Å². The molecule has 0 atom stereocenters. The maximum Gasteiger partial charge on any atom is 0.0311 e. The van der Waals surface area contributed by atoms with Crippen molar-refractivity contribution < 1.29 is 0 Å². The van der Waals surface area contributed by atoms with E-state index in [1.165, 1.54) is 108 Å². The van der Waals surface area contributed by atoms with E-state index in [0.717, 1.165) is 0 Å². The highest BCUT2D eigenvalue weighted by atomic mass is 14.3. The number of allylic oxidation sites excluding steroid dienone is 4. The summed E-state index contributed by atoms with van der Waals surface area (Å²) in [4.78, 5) is 0. The standard InChI is InChI=1S/C30H50/c1-4-7-8-9-10-11-12-13-14-15-16-17-18-19-23-28-30(26-5-2,27-6-3)29-24-21-20-22-25-29/h5-6,20-22,24-27H,4,7-19,23,28H2,1-3H3/b26-5-,27-6-. The van der Waals surface area contributed by atoms with E-state index in [-0.39, 0.29) is 5.41 Å². The van der Waals surface area contributed by atoms with E-state index < -0.39 is 0 Å². The lowest BCUT2D eigenvalue weighted by atomic mass is 9.75. The van der Waals surface area contributed by atoms with Crippen LogP contribution in [0, 0.1) is 0 Å². The van der Waals surface area contributed by atoms with Gasteiger partial charge >= 0.3 is 0 Å². The minimum Gasteiger partial charge on any atom is -0.0905 e. The zero-order valence-electron chi connectivity index (χ0n) is 20.5. The molecule has 0 spiro atoms. The third-order valence-electron chi connectivity index (χ3n) is 6.43. The molecule has 0 bridgehead atoms. The van der Waals surface area contributed by atoms with Crippen molar-refractivity contribution in [3.63, 3.8) is 0 Å². The lowest BCUT2D eigenvalue weighted by molar-refractivity contribution is 0.506. The van der Waals surface area contributed by atoms with Crippen LogP contribution < -0.4 is 0 Å². The zero-order valence-corrected chi connectivity index (χ0v) is 20.5. The van der Waals surface area contributed by atoms with Crippen LogP contribution in [0.2, 0.25) is 0 Å². The summed E-state index contributed by atoms with van der Waals surface area (Å²) in [5, 5.41) is 0. The molecule has 0 aliphatic carbocycles. The van der Waals surface area contributed by atoms with Crippen LogP contribution in [-0.2, 0) is 5.41 Å².